The number of thiophene rings is 1. The number of hydrogen-bond donors (Lipinski definition) is 0. The zero-order chi connectivity index (χ0) is 23.3. The number of para-hydroxylation sites is 1. The summed E-state index contributed by atoms with van der Waals surface area (Å²) in [6, 6.07) is 27.6. The number of nitrogens with zero attached hydrogens (tertiary/aromatic N) is 4. The maximum Gasteiger partial charge on any atom is 0.124 e. The number of hydrogen-bond acceptors (Lipinski definition) is 5. The molecule has 0 bridgehead atoms. The van der Waals surface area contributed by atoms with Crippen molar-refractivity contribution in [2.75, 3.05) is 11.6 Å². The Morgan fingerprint density at radius 3 is 2.47 bits per heavy atom. The van der Waals surface area contributed by atoms with E-state index in [1.54, 1.807) is 11.3 Å². The van der Waals surface area contributed by atoms with Crippen molar-refractivity contribution in [2.24, 2.45) is 0 Å². The van der Waals surface area contributed by atoms with Gasteiger partial charge >= 0.3 is 0 Å². The van der Waals surface area contributed by atoms with Gasteiger partial charge in [0.2, 0.25) is 0 Å². The van der Waals surface area contributed by atoms with E-state index in [1.807, 2.05) is 6.92 Å². The first-order valence-electron chi connectivity index (χ1n) is 11.5. The quantitative estimate of drug-likeness (QED) is 0.280. The van der Waals surface area contributed by atoms with Crippen molar-refractivity contribution in [2.45, 2.75) is 26.3 Å². The molecule has 0 aliphatic carbocycles. The molecule has 1 aliphatic rings. The average Bonchev–Trinajstić information content (AvgIpc) is 3.50. The molecule has 2 aromatic carbocycles. The summed E-state index contributed by atoms with van der Waals surface area (Å²) in [7, 11) is 0. The fraction of sp³-hybridized carbons (Fsp3) is 0.172. The lowest BCUT2D eigenvalue weighted by Crippen LogP contribution is -2.40. The largest absolute Gasteiger partial charge is 0.348 e. The summed E-state index contributed by atoms with van der Waals surface area (Å²) in [5, 5.41) is 2.46. The van der Waals surface area contributed by atoms with Crippen LogP contribution < -0.4 is 4.90 Å². The Balaban J connectivity index is 1.37. The van der Waals surface area contributed by atoms with Crippen LogP contribution in [0.1, 0.15) is 25.2 Å². The van der Waals surface area contributed by atoms with Crippen LogP contribution in [0.5, 0.6) is 0 Å². The standard InChI is InChI=1S/C29H26N4S/c1-20-15-16-23-22-11-7-12-24(27(22)34-28(23)30-20)25-13-8-14-26(31-25)29(2,3)33-18-17-32(19-33)21-9-5-4-6-10-21/h4-18H,19H2,1-3H3. The van der Waals surface area contributed by atoms with Gasteiger partial charge in [-0.25, -0.2) is 4.98 Å². The third kappa shape index (κ3) is 3.44. The van der Waals surface area contributed by atoms with Crippen LogP contribution in [-0.4, -0.2) is 21.5 Å². The van der Waals surface area contributed by atoms with Gasteiger partial charge in [-0.3, -0.25) is 4.98 Å². The van der Waals surface area contributed by atoms with Crippen molar-refractivity contribution in [1.82, 2.24) is 14.9 Å². The van der Waals surface area contributed by atoms with E-state index < -0.39 is 0 Å². The van der Waals surface area contributed by atoms with E-state index in [0.29, 0.717) is 0 Å². The topological polar surface area (TPSA) is 32.3 Å². The number of benzene rings is 2. The molecule has 0 radical (unpaired) electrons. The number of fused-ring (bicyclic) bond motifs is 3. The van der Waals surface area contributed by atoms with Gasteiger partial charge in [0.05, 0.1) is 23.6 Å². The predicted octanol–water partition coefficient (Wildman–Crippen LogP) is 7.31. The lowest BCUT2D eigenvalue weighted by atomic mass is 9.97. The molecule has 168 valence electrons. The van der Waals surface area contributed by atoms with Crippen molar-refractivity contribution in [3.63, 3.8) is 0 Å². The van der Waals surface area contributed by atoms with E-state index in [-0.39, 0.29) is 5.54 Å². The number of pyridine rings is 2. The van der Waals surface area contributed by atoms with Gasteiger partial charge in [-0.05, 0) is 57.2 Å². The molecule has 0 fully saturated rings. The first-order chi connectivity index (χ1) is 16.5. The van der Waals surface area contributed by atoms with Gasteiger partial charge in [0.1, 0.15) is 4.83 Å². The molecule has 0 amide bonds. The van der Waals surface area contributed by atoms with Crippen molar-refractivity contribution in [3.8, 4) is 11.3 Å². The van der Waals surface area contributed by atoms with Crippen LogP contribution >= 0.6 is 11.3 Å². The fourth-order valence-electron chi connectivity index (χ4n) is 4.62. The Morgan fingerprint density at radius 1 is 0.794 bits per heavy atom. The second-order valence-corrected chi connectivity index (χ2v) is 10.3. The second kappa shape index (κ2) is 7.96. The summed E-state index contributed by atoms with van der Waals surface area (Å²) < 4.78 is 1.24. The molecular weight excluding hydrogens is 436 g/mol. The maximum absolute atomic E-state index is 5.19. The molecular formula is C29H26N4S. The monoisotopic (exact) mass is 462 g/mol. The van der Waals surface area contributed by atoms with Crippen LogP contribution in [0.2, 0.25) is 0 Å². The van der Waals surface area contributed by atoms with Gasteiger partial charge in [-0.1, -0.05) is 42.5 Å². The van der Waals surface area contributed by atoms with Crippen LogP contribution in [0.25, 0.3) is 31.6 Å². The minimum Gasteiger partial charge on any atom is -0.348 e. The summed E-state index contributed by atoms with van der Waals surface area (Å²) in [4.78, 5) is 15.6. The molecule has 0 saturated heterocycles. The van der Waals surface area contributed by atoms with Crippen molar-refractivity contribution in [3.05, 3.63) is 103 Å². The van der Waals surface area contributed by atoms with Gasteiger partial charge in [-0.2, -0.15) is 0 Å². The van der Waals surface area contributed by atoms with Crippen molar-refractivity contribution in [1.29, 1.82) is 0 Å². The summed E-state index contributed by atoms with van der Waals surface area (Å²) in [5.74, 6) is 0. The van der Waals surface area contributed by atoms with Gasteiger partial charge < -0.3 is 9.80 Å². The fourth-order valence-corrected chi connectivity index (χ4v) is 5.86. The summed E-state index contributed by atoms with van der Waals surface area (Å²) in [6.07, 6.45) is 4.32. The molecule has 0 N–H and O–H groups in total. The van der Waals surface area contributed by atoms with Crippen LogP contribution in [0, 0.1) is 6.92 Å². The Kier molecular flexibility index (Phi) is 4.89. The summed E-state index contributed by atoms with van der Waals surface area (Å²) in [5.41, 5.74) is 5.20. The molecule has 0 unspecified atom stereocenters. The smallest absolute Gasteiger partial charge is 0.124 e. The minimum absolute atomic E-state index is 0.261. The SMILES string of the molecule is Cc1ccc2c(n1)sc1c(-c3cccc(C(C)(C)N4C=CN(c5ccccc5)C4)n3)cccc12. The van der Waals surface area contributed by atoms with E-state index in [0.717, 1.165) is 28.6 Å². The van der Waals surface area contributed by atoms with Crippen molar-refractivity contribution < 1.29 is 0 Å². The molecule has 4 heterocycles. The van der Waals surface area contributed by atoms with Crippen LogP contribution in [0.15, 0.2) is 91.3 Å². The van der Waals surface area contributed by atoms with Gasteiger partial charge in [0.25, 0.3) is 0 Å². The lowest BCUT2D eigenvalue weighted by molar-refractivity contribution is 0.196. The highest BCUT2D eigenvalue weighted by Gasteiger charge is 2.32. The molecule has 0 spiro atoms. The van der Waals surface area contributed by atoms with Crippen LogP contribution in [0.3, 0.4) is 0 Å². The molecule has 4 nitrogen and oxygen atoms in total. The third-order valence-corrected chi connectivity index (χ3v) is 7.84. The number of aryl methyl sites for hydroxylation is 1. The highest BCUT2D eigenvalue weighted by molar-refractivity contribution is 7.26. The van der Waals surface area contributed by atoms with Gasteiger partial charge in [-0.15, -0.1) is 11.3 Å². The Morgan fingerprint density at radius 2 is 1.62 bits per heavy atom. The van der Waals surface area contributed by atoms with E-state index in [2.05, 4.69) is 115 Å². The van der Waals surface area contributed by atoms with E-state index in [9.17, 15) is 0 Å². The van der Waals surface area contributed by atoms with Crippen LogP contribution in [0.4, 0.5) is 5.69 Å². The Labute approximate surface area is 203 Å². The molecule has 6 rings (SSSR count). The number of aromatic nitrogens is 2. The Hall–Kier alpha value is -3.70. The highest BCUT2D eigenvalue weighted by Crippen LogP contribution is 2.39. The third-order valence-electron chi connectivity index (χ3n) is 6.69. The van der Waals surface area contributed by atoms with E-state index in [4.69, 9.17) is 9.97 Å². The van der Waals surface area contributed by atoms with Gasteiger partial charge in [0.15, 0.2) is 0 Å². The van der Waals surface area contributed by atoms with Crippen LogP contribution in [-0.2, 0) is 5.54 Å². The molecule has 0 atom stereocenters. The maximum atomic E-state index is 5.19. The van der Waals surface area contributed by atoms with Gasteiger partial charge in [0, 0.05) is 44.8 Å². The molecule has 1 aliphatic heterocycles. The first kappa shape index (κ1) is 20.9. The van der Waals surface area contributed by atoms with E-state index in [1.165, 1.54) is 26.7 Å². The predicted molar refractivity (Wildman–Crippen MR) is 143 cm³/mol. The zero-order valence-electron chi connectivity index (χ0n) is 19.6. The normalized spacial score (nSPS) is 14.0. The lowest BCUT2D eigenvalue weighted by Gasteiger charge is -2.36. The average molecular weight is 463 g/mol. The molecule has 3 aromatic heterocycles. The first-order valence-corrected chi connectivity index (χ1v) is 12.4. The van der Waals surface area contributed by atoms with E-state index >= 15 is 0 Å². The second-order valence-electron chi connectivity index (χ2n) is 9.27. The highest BCUT2D eigenvalue weighted by atomic mass is 32.1. The van der Waals surface area contributed by atoms with Crippen molar-refractivity contribution >= 4 is 37.3 Å². The number of rotatable bonds is 4. The summed E-state index contributed by atoms with van der Waals surface area (Å²) in [6.45, 7) is 7.32. The molecule has 5 heteroatoms. The molecule has 5 aromatic rings. The Bertz CT molecular complexity index is 1530. The minimum atomic E-state index is -0.261. The zero-order valence-corrected chi connectivity index (χ0v) is 20.4. The summed E-state index contributed by atoms with van der Waals surface area (Å²) >= 11 is 1.75. The number of anilines is 1. The molecule has 0 saturated carbocycles. The molecule has 34 heavy (non-hydrogen) atoms.